The molecule has 35 heavy (non-hydrogen) atoms. The molecule has 1 aliphatic carbocycles. The molecule has 3 amide bonds. The first-order chi connectivity index (χ1) is 16.8. The largest absolute Gasteiger partial charge is 0.374 e. The predicted molar refractivity (Wildman–Crippen MR) is 129 cm³/mol. The number of fused-ring (bicyclic) bond motifs is 2. The summed E-state index contributed by atoms with van der Waals surface area (Å²) in [6.45, 7) is 3.97. The fraction of sp³-hybridized carbons (Fsp3) is 0.500. The van der Waals surface area contributed by atoms with Crippen LogP contribution < -0.4 is 16.0 Å². The molecule has 0 radical (unpaired) electrons. The van der Waals surface area contributed by atoms with Crippen LogP contribution in [0.2, 0.25) is 0 Å². The average molecular weight is 501 g/mol. The van der Waals surface area contributed by atoms with E-state index in [0.29, 0.717) is 30.2 Å². The van der Waals surface area contributed by atoms with E-state index >= 15 is 0 Å². The van der Waals surface area contributed by atoms with Crippen molar-refractivity contribution >= 4 is 29.1 Å². The Kier molecular flexibility index (Phi) is 6.45. The fourth-order valence-corrected chi connectivity index (χ4v) is 6.07. The van der Waals surface area contributed by atoms with Gasteiger partial charge in [0.1, 0.15) is 5.83 Å². The van der Waals surface area contributed by atoms with Crippen LogP contribution in [0.5, 0.6) is 0 Å². The number of hydrogen-bond donors (Lipinski definition) is 3. The average Bonchev–Trinajstić information content (AvgIpc) is 3.43. The molecule has 9 nitrogen and oxygen atoms in total. The smallest absolute Gasteiger partial charge is 0.280 e. The number of aromatic nitrogens is 1. The maximum Gasteiger partial charge on any atom is 0.280 e. The van der Waals surface area contributed by atoms with Gasteiger partial charge in [-0.3, -0.25) is 14.4 Å². The van der Waals surface area contributed by atoms with Crippen LogP contribution in [-0.2, 0) is 22.6 Å². The van der Waals surface area contributed by atoms with Crippen molar-refractivity contribution in [1.82, 2.24) is 30.7 Å². The molecule has 1 saturated heterocycles. The Bertz CT molecular complexity index is 1140. The molecule has 1 aromatic heterocycles. The third-order valence-corrected chi connectivity index (χ3v) is 8.04. The van der Waals surface area contributed by atoms with Gasteiger partial charge in [-0.15, -0.1) is 11.3 Å². The summed E-state index contributed by atoms with van der Waals surface area (Å²) in [4.78, 5) is 47.7. The van der Waals surface area contributed by atoms with Gasteiger partial charge in [0, 0.05) is 50.3 Å². The Morgan fingerprint density at radius 3 is 2.77 bits per heavy atom. The lowest BCUT2D eigenvalue weighted by molar-refractivity contribution is -0.130. The lowest BCUT2D eigenvalue weighted by Gasteiger charge is -2.38. The number of rotatable bonds is 4. The highest BCUT2D eigenvalue weighted by molar-refractivity contribution is 7.13. The van der Waals surface area contributed by atoms with Gasteiger partial charge in [0.05, 0.1) is 29.5 Å². The predicted octanol–water partition coefficient (Wildman–Crippen LogP) is 0.862. The van der Waals surface area contributed by atoms with Gasteiger partial charge in [-0.05, 0) is 31.7 Å². The van der Waals surface area contributed by atoms with E-state index in [1.165, 1.54) is 30.4 Å². The van der Waals surface area contributed by atoms with E-state index in [0.717, 1.165) is 30.1 Å². The van der Waals surface area contributed by atoms with Crippen LogP contribution in [0.25, 0.3) is 0 Å². The normalized spacial score (nSPS) is 27.8. The molecule has 4 aliphatic rings. The van der Waals surface area contributed by atoms with Gasteiger partial charge in [0.15, 0.2) is 5.01 Å². The minimum absolute atomic E-state index is 0.0772. The molecule has 3 aliphatic heterocycles. The van der Waals surface area contributed by atoms with Crippen molar-refractivity contribution in [1.29, 1.82) is 0 Å². The number of hydrogen-bond acceptors (Lipinski definition) is 7. The van der Waals surface area contributed by atoms with Crippen molar-refractivity contribution in [3.63, 3.8) is 0 Å². The Hall–Kier alpha value is -3.05. The molecule has 4 heterocycles. The summed E-state index contributed by atoms with van der Waals surface area (Å²) in [5.74, 6) is -1.22. The van der Waals surface area contributed by atoms with E-state index < -0.39 is 6.04 Å². The number of carbonyl (C=O) groups excluding carboxylic acids is 3. The minimum Gasteiger partial charge on any atom is -0.374 e. The zero-order valence-electron chi connectivity index (χ0n) is 19.7. The summed E-state index contributed by atoms with van der Waals surface area (Å²) in [6, 6.07) is -0.981. The monoisotopic (exact) mass is 500 g/mol. The van der Waals surface area contributed by atoms with Crippen LogP contribution in [-0.4, -0.2) is 77.3 Å². The number of thiazole rings is 1. The molecular formula is C24H29FN6O3S. The van der Waals surface area contributed by atoms with Gasteiger partial charge in [-0.2, -0.15) is 0 Å². The lowest BCUT2D eigenvalue weighted by atomic mass is 9.97. The third-order valence-electron chi connectivity index (χ3n) is 6.96. The quantitative estimate of drug-likeness (QED) is 0.566. The summed E-state index contributed by atoms with van der Waals surface area (Å²) in [7, 11) is 2.04. The van der Waals surface area contributed by atoms with E-state index in [-0.39, 0.29) is 41.6 Å². The number of allylic oxidation sites excluding steroid dienone is 2. The molecule has 1 fully saturated rings. The van der Waals surface area contributed by atoms with Crippen molar-refractivity contribution in [3.05, 3.63) is 51.4 Å². The zero-order chi connectivity index (χ0) is 24.7. The molecule has 5 rings (SSSR count). The minimum atomic E-state index is -0.464. The summed E-state index contributed by atoms with van der Waals surface area (Å²) >= 11 is 1.40. The van der Waals surface area contributed by atoms with E-state index in [1.54, 1.807) is 17.1 Å². The first-order valence-corrected chi connectivity index (χ1v) is 12.7. The van der Waals surface area contributed by atoms with Crippen LogP contribution in [0, 0.1) is 5.92 Å². The number of nitrogens with one attached hydrogen (secondary N) is 3. The van der Waals surface area contributed by atoms with Crippen LogP contribution >= 0.6 is 11.3 Å². The second kappa shape index (κ2) is 9.54. The second-order valence-corrected chi connectivity index (χ2v) is 10.6. The number of piperidine rings is 1. The highest BCUT2D eigenvalue weighted by Gasteiger charge is 2.36. The van der Waals surface area contributed by atoms with Crippen LogP contribution in [0.3, 0.4) is 0 Å². The molecule has 0 saturated carbocycles. The van der Waals surface area contributed by atoms with Crippen LogP contribution in [0.15, 0.2) is 35.8 Å². The van der Waals surface area contributed by atoms with Crippen molar-refractivity contribution in [2.24, 2.45) is 5.92 Å². The summed E-state index contributed by atoms with van der Waals surface area (Å²) in [5, 5.41) is 9.57. The number of likely N-dealkylation sites (tertiary alicyclic amines) is 1. The molecule has 1 aromatic rings. The van der Waals surface area contributed by atoms with Crippen molar-refractivity contribution in [2.75, 3.05) is 26.7 Å². The van der Waals surface area contributed by atoms with Crippen molar-refractivity contribution < 1.29 is 18.8 Å². The molecule has 0 aromatic carbocycles. The Labute approximate surface area is 207 Å². The van der Waals surface area contributed by atoms with Gasteiger partial charge in [0.2, 0.25) is 5.91 Å². The molecule has 11 heteroatoms. The van der Waals surface area contributed by atoms with E-state index in [1.807, 2.05) is 7.05 Å². The highest BCUT2D eigenvalue weighted by Crippen LogP contribution is 2.27. The maximum absolute atomic E-state index is 13.6. The van der Waals surface area contributed by atoms with Gasteiger partial charge in [-0.25, -0.2) is 9.37 Å². The fourth-order valence-electron chi connectivity index (χ4n) is 4.98. The zero-order valence-corrected chi connectivity index (χ0v) is 20.5. The highest BCUT2D eigenvalue weighted by atomic mass is 32.1. The maximum atomic E-state index is 13.6. The van der Waals surface area contributed by atoms with E-state index in [9.17, 15) is 18.8 Å². The van der Waals surface area contributed by atoms with Crippen LogP contribution in [0.1, 0.15) is 33.7 Å². The SMILES string of the molecule is CC(=O)N1CC[C@H](NC(=O)C2=CC3C=C(F)C=CC3N2)[C@H](NC(=O)c2nc3c(s2)CN(C)CC3)C1. The van der Waals surface area contributed by atoms with Gasteiger partial charge < -0.3 is 25.8 Å². The van der Waals surface area contributed by atoms with Gasteiger partial charge >= 0.3 is 0 Å². The molecule has 186 valence electrons. The first kappa shape index (κ1) is 23.7. The van der Waals surface area contributed by atoms with Crippen molar-refractivity contribution in [2.45, 2.75) is 44.4 Å². The number of nitrogens with zero attached hydrogens (tertiary/aromatic N) is 3. The molecule has 0 bridgehead atoms. The van der Waals surface area contributed by atoms with Gasteiger partial charge in [0.25, 0.3) is 11.8 Å². The Morgan fingerprint density at radius 2 is 1.97 bits per heavy atom. The number of amides is 3. The second-order valence-electron chi connectivity index (χ2n) is 9.53. The van der Waals surface area contributed by atoms with Gasteiger partial charge in [-0.1, -0.05) is 6.08 Å². The first-order valence-electron chi connectivity index (χ1n) is 11.8. The van der Waals surface area contributed by atoms with Crippen molar-refractivity contribution in [3.8, 4) is 0 Å². The van der Waals surface area contributed by atoms with E-state index in [2.05, 4.69) is 25.8 Å². The summed E-state index contributed by atoms with van der Waals surface area (Å²) in [6.07, 6.45) is 7.62. The molecule has 0 spiro atoms. The number of halogens is 1. The Morgan fingerprint density at radius 1 is 1.17 bits per heavy atom. The topological polar surface area (TPSA) is 107 Å². The molecule has 2 unspecified atom stereocenters. The third kappa shape index (κ3) is 5.01. The number of carbonyl (C=O) groups is 3. The lowest BCUT2D eigenvalue weighted by Crippen LogP contribution is -2.61. The molecule has 3 N–H and O–H groups in total. The van der Waals surface area contributed by atoms with E-state index in [4.69, 9.17) is 0 Å². The molecular weight excluding hydrogens is 471 g/mol. The Balaban J connectivity index is 1.28. The summed E-state index contributed by atoms with van der Waals surface area (Å²) < 4.78 is 13.6. The molecule has 4 atom stereocenters. The standard InChI is InChI=1S/C24H29FN6O3S/c1-13(32)31-8-6-17(27-22(33)19-10-14-9-15(25)3-4-16(14)26-19)20(11-31)28-23(34)24-29-18-5-7-30(2)12-21(18)35-24/h3-4,9-10,14,16-17,20,26H,5-8,11-12H2,1-2H3,(H,27,33)(H,28,34)/t14?,16?,17-,20+/m0/s1. The number of likely N-dealkylation sites (N-methyl/N-ethyl adjacent to an activating group) is 1. The van der Waals surface area contributed by atoms with Crippen LogP contribution in [0.4, 0.5) is 4.39 Å². The summed E-state index contributed by atoms with van der Waals surface area (Å²) in [5.41, 5.74) is 1.35.